The summed E-state index contributed by atoms with van der Waals surface area (Å²) in [5.74, 6) is 2.42. The largest absolute Gasteiger partial charge is 0.437 e. The lowest BCUT2D eigenvalue weighted by atomic mass is 10.4. The molecule has 0 saturated heterocycles. The normalized spacial score (nSPS) is 10.4. The Kier molecular flexibility index (Phi) is 5.45. The summed E-state index contributed by atoms with van der Waals surface area (Å²) in [4.78, 5) is 12.9. The number of anilines is 1. The van der Waals surface area contributed by atoms with E-state index < -0.39 is 0 Å². The lowest BCUT2D eigenvalue weighted by Crippen LogP contribution is -2.06. The topological polar surface area (TPSA) is 69.2 Å². The predicted molar refractivity (Wildman–Crippen MR) is 80.6 cm³/mol. The molecule has 0 radical (unpaired) electrons. The summed E-state index contributed by atoms with van der Waals surface area (Å²) in [5, 5.41) is 3.23. The maximum absolute atomic E-state index is 5.73. The fourth-order valence-electron chi connectivity index (χ4n) is 1.70. The highest BCUT2D eigenvalue weighted by molar-refractivity contribution is 5.39. The summed E-state index contributed by atoms with van der Waals surface area (Å²) >= 11 is 0. The second kappa shape index (κ2) is 7.54. The van der Waals surface area contributed by atoms with Crippen LogP contribution < -0.4 is 10.1 Å². The van der Waals surface area contributed by atoms with Gasteiger partial charge >= 0.3 is 0 Å². The van der Waals surface area contributed by atoms with E-state index in [4.69, 9.17) is 9.47 Å². The number of aryl methyl sites for hydroxylation is 1. The molecule has 2 aromatic rings. The fraction of sp³-hybridized carbons (Fsp3) is 0.400. The first-order chi connectivity index (χ1) is 10.2. The molecule has 6 heteroatoms. The number of pyridine rings is 1. The Balaban J connectivity index is 2.19. The van der Waals surface area contributed by atoms with Gasteiger partial charge < -0.3 is 14.8 Å². The van der Waals surface area contributed by atoms with E-state index >= 15 is 0 Å². The maximum Gasteiger partial charge on any atom is 0.224 e. The highest BCUT2D eigenvalue weighted by atomic mass is 16.5. The Morgan fingerprint density at radius 3 is 2.76 bits per heavy atom. The zero-order chi connectivity index (χ0) is 15.1. The number of nitrogens with zero attached hydrogens (tertiary/aromatic N) is 3. The number of hydrogen-bond acceptors (Lipinski definition) is 6. The molecule has 0 aromatic carbocycles. The summed E-state index contributed by atoms with van der Waals surface area (Å²) in [6.07, 6.45) is 2.69. The first kappa shape index (κ1) is 15.2. The third-order valence-electron chi connectivity index (χ3n) is 2.69. The first-order valence-corrected chi connectivity index (χ1v) is 6.92. The molecule has 2 rings (SSSR count). The Bertz CT molecular complexity index is 572. The van der Waals surface area contributed by atoms with Crippen LogP contribution in [0.2, 0.25) is 0 Å². The standard InChI is InChI=1S/C15H20N4O2/c1-4-7-16-13-8-15(19-14(18-13)10-20-3)21-12-6-5-11(2)17-9-12/h5-6,8-9H,4,7,10H2,1-3H3,(H,16,18,19). The van der Waals surface area contributed by atoms with Crippen LogP contribution in [-0.4, -0.2) is 28.6 Å². The molecule has 2 aromatic heterocycles. The summed E-state index contributed by atoms with van der Waals surface area (Å²) in [7, 11) is 1.61. The first-order valence-electron chi connectivity index (χ1n) is 6.92. The Hall–Kier alpha value is -2.21. The van der Waals surface area contributed by atoms with Crippen LogP contribution in [0.4, 0.5) is 5.82 Å². The van der Waals surface area contributed by atoms with Crippen LogP contribution >= 0.6 is 0 Å². The van der Waals surface area contributed by atoms with Gasteiger partial charge in [0.2, 0.25) is 5.88 Å². The van der Waals surface area contributed by atoms with Gasteiger partial charge in [0.05, 0.1) is 6.20 Å². The molecular formula is C15H20N4O2. The van der Waals surface area contributed by atoms with Gasteiger partial charge in [0.15, 0.2) is 5.82 Å². The molecule has 0 amide bonds. The van der Waals surface area contributed by atoms with Gasteiger partial charge in [0.1, 0.15) is 18.2 Å². The van der Waals surface area contributed by atoms with Crippen molar-refractivity contribution in [2.45, 2.75) is 26.9 Å². The van der Waals surface area contributed by atoms with Crippen LogP contribution in [0.3, 0.4) is 0 Å². The summed E-state index contributed by atoms with van der Waals surface area (Å²) < 4.78 is 10.8. The minimum atomic E-state index is 0.337. The SMILES string of the molecule is CCCNc1cc(Oc2ccc(C)nc2)nc(COC)n1. The highest BCUT2D eigenvalue weighted by Crippen LogP contribution is 2.21. The lowest BCUT2D eigenvalue weighted by Gasteiger charge is -2.10. The van der Waals surface area contributed by atoms with Crippen LogP contribution in [0.25, 0.3) is 0 Å². The predicted octanol–water partition coefficient (Wildman–Crippen LogP) is 2.94. The van der Waals surface area contributed by atoms with E-state index in [1.807, 2.05) is 19.1 Å². The Morgan fingerprint density at radius 1 is 1.24 bits per heavy atom. The third kappa shape index (κ3) is 4.68. The van der Waals surface area contributed by atoms with Crippen molar-refractivity contribution in [2.24, 2.45) is 0 Å². The van der Waals surface area contributed by atoms with Crippen molar-refractivity contribution >= 4 is 5.82 Å². The van der Waals surface area contributed by atoms with E-state index in [9.17, 15) is 0 Å². The van der Waals surface area contributed by atoms with Gasteiger partial charge in [-0.2, -0.15) is 4.98 Å². The average Bonchev–Trinajstić information content (AvgIpc) is 2.48. The van der Waals surface area contributed by atoms with Gasteiger partial charge in [-0.25, -0.2) is 4.98 Å². The molecule has 0 bridgehead atoms. The van der Waals surface area contributed by atoms with Crippen LogP contribution in [0.5, 0.6) is 11.6 Å². The second-order valence-electron chi connectivity index (χ2n) is 4.60. The minimum absolute atomic E-state index is 0.337. The third-order valence-corrected chi connectivity index (χ3v) is 2.69. The molecule has 112 valence electrons. The zero-order valence-electron chi connectivity index (χ0n) is 12.6. The van der Waals surface area contributed by atoms with Crippen molar-refractivity contribution in [1.82, 2.24) is 15.0 Å². The van der Waals surface area contributed by atoms with Gasteiger partial charge in [-0.1, -0.05) is 6.92 Å². The molecule has 1 N–H and O–H groups in total. The van der Waals surface area contributed by atoms with Crippen molar-refractivity contribution in [3.8, 4) is 11.6 Å². The summed E-state index contributed by atoms with van der Waals surface area (Å²) in [6, 6.07) is 5.52. The molecular weight excluding hydrogens is 268 g/mol. The van der Waals surface area contributed by atoms with Gasteiger partial charge in [-0.05, 0) is 25.5 Å². The van der Waals surface area contributed by atoms with E-state index in [1.54, 1.807) is 19.4 Å². The molecule has 0 aliphatic carbocycles. The molecule has 0 saturated carbocycles. The van der Waals surface area contributed by atoms with Crippen LogP contribution in [0.15, 0.2) is 24.4 Å². The Labute approximate surface area is 124 Å². The molecule has 0 atom stereocenters. The highest BCUT2D eigenvalue weighted by Gasteiger charge is 2.07. The van der Waals surface area contributed by atoms with Crippen molar-refractivity contribution in [2.75, 3.05) is 19.0 Å². The van der Waals surface area contributed by atoms with E-state index in [-0.39, 0.29) is 0 Å². The number of rotatable bonds is 7. The quantitative estimate of drug-likeness (QED) is 0.844. The van der Waals surface area contributed by atoms with Gasteiger partial charge in [-0.15, -0.1) is 0 Å². The summed E-state index contributed by atoms with van der Waals surface area (Å²) in [5.41, 5.74) is 0.940. The molecule has 0 spiro atoms. The second-order valence-corrected chi connectivity index (χ2v) is 4.60. The fourth-order valence-corrected chi connectivity index (χ4v) is 1.70. The zero-order valence-corrected chi connectivity index (χ0v) is 12.6. The number of ether oxygens (including phenoxy) is 2. The molecule has 0 aliphatic heterocycles. The monoisotopic (exact) mass is 288 g/mol. The number of hydrogen-bond donors (Lipinski definition) is 1. The number of nitrogens with one attached hydrogen (secondary N) is 1. The van der Waals surface area contributed by atoms with Gasteiger partial charge in [0, 0.05) is 25.4 Å². The van der Waals surface area contributed by atoms with Crippen molar-refractivity contribution in [3.63, 3.8) is 0 Å². The van der Waals surface area contributed by atoms with Crippen LogP contribution in [-0.2, 0) is 11.3 Å². The molecule has 0 aliphatic rings. The Morgan fingerprint density at radius 2 is 2.10 bits per heavy atom. The molecule has 0 fully saturated rings. The molecule has 6 nitrogen and oxygen atoms in total. The minimum Gasteiger partial charge on any atom is -0.437 e. The molecule has 21 heavy (non-hydrogen) atoms. The van der Waals surface area contributed by atoms with E-state index in [0.29, 0.717) is 24.1 Å². The van der Waals surface area contributed by atoms with E-state index in [0.717, 1.165) is 24.5 Å². The van der Waals surface area contributed by atoms with Gasteiger partial charge in [-0.3, -0.25) is 4.98 Å². The summed E-state index contributed by atoms with van der Waals surface area (Å²) in [6.45, 7) is 5.21. The van der Waals surface area contributed by atoms with Crippen LogP contribution in [0, 0.1) is 6.92 Å². The molecule has 0 unspecified atom stereocenters. The van der Waals surface area contributed by atoms with Gasteiger partial charge in [0.25, 0.3) is 0 Å². The maximum atomic E-state index is 5.73. The van der Waals surface area contributed by atoms with Crippen molar-refractivity contribution in [1.29, 1.82) is 0 Å². The van der Waals surface area contributed by atoms with Crippen molar-refractivity contribution in [3.05, 3.63) is 35.9 Å². The van der Waals surface area contributed by atoms with Crippen LogP contribution in [0.1, 0.15) is 24.9 Å². The smallest absolute Gasteiger partial charge is 0.224 e. The average molecular weight is 288 g/mol. The number of methoxy groups -OCH3 is 1. The number of aromatic nitrogens is 3. The van der Waals surface area contributed by atoms with E-state index in [1.165, 1.54) is 0 Å². The molecule has 2 heterocycles. The van der Waals surface area contributed by atoms with E-state index in [2.05, 4.69) is 27.2 Å². The lowest BCUT2D eigenvalue weighted by molar-refractivity contribution is 0.177. The van der Waals surface area contributed by atoms with Crippen molar-refractivity contribution < 1.29 is 9.47 Å².